The van der Waals surface area contributed by atoms with Crippen molar-refractivity contribution in [1.82, 2.24) is 0 Å². The Morgan fingerprint density at radius 1 is 0.614 bits per heavy atom. The molecule has 6 rings (SSSR count). The molecule has 0 spiro atoms. The molecule has 290 valence electrons. The largest absolute Gasteiger partial charge is 0.476 e. The first-order chi connectivity index (χ1) is 27.7. The number of nitrogens with zero attached hydrogens (tertiary/aromatic N) is 2. The number of rotatable bonds is 12. The van der Waals surface area contributed by atoms with Crippen LogP contribution >= 0.6 is 11.8 Å². The fourth-order valence-electron chi connectivity index (χ4n) is 5.60. The lowest BCUT2D eigenvalue weighted by atomic mass is 9.98. The van der Waals surface area contributed by atoms with Crippen molar-refractivity contribution in [2.24, 2.45) is 4.99 Å². The number of non-ortho nitro benzene ring substituents is 1. The fraction of sp³-hybridized carbons (Fsp3) is 0.167. The minimum atomic E-state index is -1.58. The van der Waals surface area contributed by atoms with Gasteiger partial charge in [-0.2, -0.15) is 0 Å². The summed E-state index contributed by atoms with van der Waals surface area (Å²) in [6.45, 7) is -0.516. The summed E-state index contributed by atoms with van der Waals surface area (Å²) in [4.78, 5) is 69.7. The standard InChI is InChI=1S/C42H34N2O12S/c1-51-42(43-31-22-24-32(25-23-31)44(49)50)57-41-36(56-40(48)30-20-12-5-13-21-30)35(55-39(47)29-18-10-4-11-19-29)34(54-38(46)28-16-8-3-9-17-28)33(53-41)26-52-37(45)27-14-6-2-7-15-27/h2-25,33-36,41H,26H2,1H3/t33-,34-,35+,36-,41+/m1/s1. The van der Waals surface area contributed by atoms with Crippen LogP contribution in [0.4, 0.5) is 11.4 Å². The normalized spacial score (nSPS) is 19.0. The van der Waals surface area contributed by atoms with Gasteiger partial charge in [0.25, 0.3) is 10.9 Å². The van der Waals surface area contributed by atoms with E-state index in [1.54, 1.807) is 84.9 Å². The van der Waals surface area contributed by atoms with Gasteiger partial charge in [0.1, 0.15) is 12.7 Å². The Balaban J connectivity index is 1.43. The van der Waals surface area contributed by atoms with Gasteiger partial charge in [0, 0.05) is 12.1 Å². The molecule has 0 aliphatic carbocycles. The molecule has 0 bridgehead atoms. The van der Waals surface area contributed by atoms with Gasteiger partial charge in [-0.05, 0) is 72.4 Å². The van der Waals surface area contributed by atoms with Crippen LogP contribution in [0.1, 0.15) is 41.4 Å². The third-order valence-electron chi connectivity index (χ3n) is 8.41. The lowest BCUT2D eigenvalue weighted by Gasteiger charge is -2.44. The van der Waals surface area contributed by atoms with Crippen LogP contribution in [0.2, 0.25) is 0 Å². The number of methoxy groups -OCH3 is 1. The smallest absolute Gasteiger partial charge is 0.338 e. The Hall–Kier alpha value is -6.84. The SMILES string of the molecule is COC(=Nc1ccc([N+](=O)[O-])cc1)S[C@@H]1O[C@H](COC(=O)c2ccccc2)[C@@H](OC(=O)c2ccccc2)[C@H](OC(=O)c2ccccc2)[C@H]1OC(=O)c1ccccc1. The second-order valence-corrected chi connectivity index (χ2v) is 13.2. The molecule has 0 N–H and O–H groups in total. The molecule has 1 heterocycles. The van der Waals surface area contributed by atoms with E-state index >= 15 is 0 Å². The van der Waals surface area contributed by atoms with Crippen molar-refractivity contribution in [3.63, 3.8) is 0 Å². The third kappa shape index (κ3) is 10.5. The first-order valence-corrected chi connectivity index (χ1v) is 18.3. The summed E-state index contributed by atoms with van der Waals surface area (Å²) >= 11 is 0.817. The Morgan fingerprint density at radius 2 is 1.04 bits per heavy atom. The number of hydrogen-bond donors (Lipinski definition) is 0. The minimum absolute atomic E-state index is 0.0532. The Morgan fingerprint density at radius 3 is 1.47 bits per heavy atom. The number of nitro benzene ring substituents is 1. The summed E-state index contributed by atoms with van der Waals surface area (Å²) in [6.07, 6.45) is -5.97. The summed E-state index contributed by atoms with van der Waals surface area (Å²) in [5.41, 5.74) is -0.538. The van der Waals surface area contributed by atoms with Crippen molar-refractivity contribution in [1.29, 1.82) is 0 Å². The highest BCUT2D eigenvalue weighted by Crippen LogP contribution is 2.37. The molecule has 0 radical (unpaired) electrons. The van der Waals surface area contributed by atoms with E-state index in [2.05, 4.69) is 4.99 Å². The van der Waals surface area contributed by atoms with Crippen LogP contribution in [0, 0.1) is 10.1 Å². The van der Waals surface area contributed by atoms with Gasteiger partial charge < -0.3 is 28.4 Å². The monoisotopic (exact) mass is 790 g/mol. The number of hydrogen-bond acceptors (Lipinski definition) is 14. The summed E-state index contributed by atoms with van der Waals surface area (Å²) in [7, 11) is 1.32. The first kappa shape index (κ1) is 39.8. The zero-order valence-electron chi connectivity index (χ0n) is 30.2. The Bertz CT molecular complexity index is 2190. The van der Waals surface area contributed by atoms with E-state index in [1.807, 2.05) is 0 Å². The van der Waals surface area contributed by atoms with Gasteiger partial charge in [0.05, 0.1) is 40.0 Å². The van der Waals surface area contributed by atoms with Crippen LogP contribution in [0.5, 0.6) is 0 Å². The summed E-state index contributed by atoms with van der Waals surface area (Å²) in [5.74, 6) is -3.23. The molecule has 5 aromatic rings. The van der Waals surface area contributed by atoms with E-state index in [0.717, 1.165) is 11.8 Å². The number of thioether (sulfide) groups is 1. The average Bonchev–Trinajstić information content (AvgIpc) is 3.25. The van der Waals surface area contributed by atoms with Crippen LogP contribution < -0.4 is 0 Å². The number of carbonyl (C=O) groups is 4. The highest BCUT2D eigenvalue weighted by molar-refractivity contribution is 8.14. The number of carbonyl (C=O) groups excluding carboxylic acids is 4. The number of nitro groups is 1. The lowest BCUT2D eigenvalue weighted by molar-refractivity contribution is -0.384. The van der Waals surface area contributed by atoms with Gasteiger partial charge in [0.2, 0.25) is 0 Å². The predicted molar refractivity (Wildman–Crippen MR) is 207 cm³/mol. The van der Waals surface area contributed by atoms with Gasteiger partial charge in [-0.15, -0.1) is 0 Å². The zero-order chi connectivity index (χ0) is 40.1. The molecular formula is C42H34N2O12S. The molecule has 57 heavy (non-hydrogen) atoms. The molecule has 0 saturated carbocycles. The van der Waals surface area contributed by atoms with Crippen LogP contribution in [-0.4, -0.2) is 77.6 Å². The Labute approximate surface area is 330 Å². The number of aliphatic imine (C=N–C) groups is 1. The lowest BCUT2D eigenvalue weighted by Crippen LogP contribution is -2.62. The molecular weight excluding hydrogens is 757 g/mol. The van der Waals surface area contributed by atoms with E-state index in [1.165, 1.54) is 67.8 Å². The highest BCUT2D eigenvalue weighted by Gasteiger charge is 2.54. The maximum atomic E-state index is 13.8. The Kier molecular flexibility index (Phi) is 13.4. The second-order valence-electron chi connectivity index (χ2n) is 12.2. The maximum Gasteiger partial charge on any atom is 0.338 e. The zero-order valence-corrected chi connectivity index (χ0v) is 31.0. The molecule has 0 aromatic heterocycles. The van der Waals surface area contributed by atoms with Crippen molar-refractivity contribution in [3.8, 4) is 0 Å². The van der Waals surface area contributed by atoms with Crippen LogP contribution in [-0.2, 0) is 28.4 Å². The quantitative estimate of drug-likeness (QED) is 0.0309. The number of benzene rings is 5. The highest BCUT2D eigenvalue weighted by atomic mass is 32.2. The molecule has 1 aliphatic rings. The number of esters is 4. The van der Waals surface area contributed by atoms with Crippen LogP contribution in [0.3, 0.4) is 0 Å². The molecule has 1 saturated heterocycles. The van der Waals surface area contributed by atoms with E-state index in [0.29, 0.717) is 0 Å². The molecule has 5 aromatic carbocycles. The second kappa shape index (κ2) is 19.2. The first-order valence-electron chi connectivity index (χ1n) is 17.4. The summed E-state index contributed by atoms with van der Waals surface area (Å²) < 4.78 is 36.0. The van der Waals surface area contributed by atoms with Gasteiger partial charge >= 0.3 is 23.9 Å². The maximum absolute atomic E-state index is 13.8. The predicted octanol–water partition coefficient (Wildman–Crippen LogP) is 7.22. The molecule has 1 aliphatic heterocycles. The van der Waals surface area contributed by atoms with E-state index in [9.17, 15) is 29.3 Å². The molecule has 15 heteroatoms. The minimum Gasteiger partial charge on any atom is -0.476 e. The summed E-state index contributed by atoms with van der Waals surface area (Å²) in [6, 6.07) is 37.5. The number of ether oxygens (including phenoxy) is 6. The molecule has 0 unspecified atom stereocenters. The van der Waals surface area contributed by atoms with Crippen molar-refractivity contribution in [2.75, 3.05) is 13.7 Å². The molecule has 0 amide bonds. The topological polar surface area (TPSA) is 179 Å². The molecule has 14 nitrogen and oxygen atoms in total. The van der Waals surface area contributed by atoms with Gasteiger partial charge in [-0.25, -0.2) is 24.2 Å². The van der Waals surface area contributed by atoms with Gasteiger partial charge in [-0.3, -0.25) is 10.1 Å². The molecule has 1 fully saturated rings. The van der Waals surface area contributed by atoms with Crippen LogP contribution in [0.25, 0.3) is 0 Å². The van der Waals surface area contributed by atoms with E-state index in [-0.39, 0.29) is 38.9 Å². The van der Waals surface area contributed by atoms with Crippen LogP contribution in [0.15, 0.2) is 151 Å². The van der Waals surface area contributed by atoms with Crippen molar-refractivity contribution in [3.05, 3.63) is 178 Å². The van der Waals surface area contributed by atoms with Gasteiger partial charge in [0.15, 0.2) is 23.7 Å². The van der Waals surface area contributed by atoms with Crippen molar-refractivity contribution < 1.29 is 52.5 Å². The third-order valence-corrected chi connectivity index (χ3v) is 9.48. The summed E-state index contributed by atoms with van der Waals surface area (Å²) in [5, 5.41) is 11.2. The molecule has 5 atom stereocenters. The van der Waals surface area contributed by atoms with E-state index in [4.69, 9.17) is 28.4 Å². The van der Waals surface area contributed by atoms with E-state index < -0.39 is 65.3 Å². The fourth-order valence-corrected chi connectivity index (χ4v) is 6.59. The van der Waals surface area contributed by atoms with Gasteiger partial charge in [-0.1, -0.05) is 72.8 Å². The van der Waals surface area contributed by atoms with Crippen molar-refractivity contribution in [2.45, 2.75) is 29.9 Å². The van der Waals surface area contributed by atoms with Crippen molar-refractivity contribution >= 4 is 52.2 Å². The average molecular weight is 791 g/mol.